The van der Waals surface area contributed by atoms with Gasteiger partial charge in [0.15, 0.2) is 0 Å². The molecule has 1 aromatic carbocycles. The number of hydrogen-bond donors (Lipinski definition) is 3. The Morgan fingerprint density at radius 1 is 1.15 bits per heavy atom. The summed E-state index contributed by atoms with van der Waals surface area (Å²) in [5, 5.41) is 8.44. The number of anilines is 3. The fourth-order valence-electron chi connectivity index (χ4n) is 3.01. The van der Waals surface area contributed by atoms with Crippen LogP contribution in [0.25, 0.3) is 0 Å². The fraction of sp³-hybridized carbons (Fsp3) is 0.421. The molecule has 1 aromatic heterocycles. The molecule has 0 unspecified atom stereocenters. The molecule has 1 aliphatic heterocycles. The smallest absolute Gasteiger partial charge is 0.319 e. The third-order valence-corrected chi connectivity index (χ3v) is 4.30. The summed E-state index contributed by atoms with van der Waals surface area (Å²) in [4.78, 5) is 23.1. The van der Waals surface area contributed by atoms with E-state index in [1.165, 1.54) is 31.4 Å². The molecule has 0 saturated carbocycles. The van der Waals surface area contributed by atoms with Crippen molar-refractivity contribution in [3.8, 4) is 0 Å². The second-order valence-corrected chi connectivity index (χ2v) is 6.56. The first kappa shape index (κ1) is 18.9. The standard InChI is InChI=1S/C19H25FN6O/c1-14-12-17(26-10-3-2-4-11-26)25-18(23-14)21-8-9-22-19(27)24-16-7-5-6-15(20)13-16/h5-7,12-13H,2-4,8-11H2,1H3,(H,21,23,25)(H2,22,24,27). The van der Waals surface area contributed by atoms with Crippen LogP contribution in [0.2, 0.25) is 0 Å². The lowest BCUT2D eigenvalue weighted by atomic mass is 10.1. The highest BCUT2D eigenvalue weighted by Crippen LogP contribution is 2.19. The molecule has 0 aliphatic carbocycles. The number of urea groups is 1. The van der Waals surface area contributed by atoms with Gasteiger partial charge in [0.25, 0.3) is 0 Å². The number of amides is 2. The number of hydrogen-bond acceptors (Lipinski definition) is 5. The van der Waals surface area contributed by atoms with Gasteiger partial charge in [0, 0.05) is 43.6 Å². The van der Waals surface area contributed by atoms with Crippen molar-refractivity contribution in [2.45, 2.75) is 26.2 Å². The van der Waals surface area contributed by atoms with E-state index in [2.05, 4.69) is 30.8 Å². The van der Waals surface area contributed by atoms with Crippen molar-refractivity contribution < 1.29 is 9.18 Å². The summed E-state index contributed by atoms with van der Waals surface area (Å²) in [6, 6.07) is 7.38. The Morgan fingerprint density at radius 2 is 1.96 bits per heavy atom. The predicted molar refractivity (Wildman–Crippen MR) is 105 cm³/mol. The number of piperidine rings is 1. The molecular weight excluding hydrogens is 347 g/mol. The monoisotopic (exact) mass is 372 g/mol. The number of halogens is 1. The van der Waals surface area contributed by atoms with E-state index in [9.17, 15) is 9.18 Å². The van der Waals surface area contributed by atoms with Gasteiger partial charge in [-0.1, -0.05) is 6.07 Å². The molecule has 1 fully saturated rings. The minimum absolute atomic E-state index is 0.386. The molecule has 8 heteroatoms. The molecule has 27 heavy (non-hydrogen) atoms. The number of carbonyl (C=O) groups excluding carboxylic acids is 1. The number of rotatable bonds is 6. The Balaban J connectivity index is 1.46. The molecule has 0 spiro atoms. The molecule has 0 bridgehead atoms. The molecule has 0 atom stereocenters. The minimum atomic E-state index is -0.393. The zero-order chi connectivity index (χ0) is 19.1. The van der Waals surface area contributed by atoms with Crippen LogP contribution >= 0.6 is 0 Å². The Kier molecular flexibility index (Phi) is 6.40. The van der Waals surface area contributed by atoms with Gasteiger partial charge >= 0.3 is 6.03 Å². The van der Waals surface area contributed by atoms with Crippen LogP contribution in [-0.2, 0) is 0 Å². The number of aryl methyl sites for hydroxylation is 1. The van der Waals surface area contributed by atoms with E-state index in [1.807, 2.05) is 13.0 Å². The summed E-state index contributed by atoms with van der Waals surface area (Å²) in [7, 11) is 0. The Bertz CT molecular complexity index is 779. The van der Waals surface area contributed by atoms with Gasteiger partial charge in [-0.15, -0.1) is 0 Å². The van der Waals surface area contributed by atoms with Crippen LogP contribution in [0, 0.1) is 12.7 Å². The average Bonchev–Trinajstić information content (AvgIpc) is 2.65. The van der Waals surface area contributed by atoms with Gasteiger partial charge in [-0.05, 0) is 44.4 Å². The molecule has 2 amide bonds. The Labute approximate surface area is 158 Å². The van der Waals surface area contributed by atoms with Crippen molar-refractivity contribution in [2.24, 2.45) is 0 Å². The normalized spacial score (nSPS) is 13.9. The van der Waals surface area contributed by atoms with Gasteiger partial charge in [-0.2, -0.15) is 4.98 Å². The summed E-state index contributed by atoms with van der Waals surface area (Å²) in [6.45, 7) is 4.87. The summed E-state index contributed by atoms with van der Waals surface area (Å²) in [5.41, 5.74) is 1.32. The second-order valence-electron chi connectivity index (χ2n) is 6.56. The van der Waals surface area contributed by atoms with Crippen LogP contribution in [0.4, 0.5) is 26.6 Å². The van der Waals surface area contributed by atoms with Crippen LogP contribution in [-0.4, -0.2) is 42.2 Å². The van der Waals surface area contributed by atoms with E-state index in [1.54, 1.807) is 12.1 Å². The summed E-state index contributed by atoms with van der Waals surface area (Å²) in [5.74, 6) is 1.11. The van der Waals surface area contributed by atoms with Gasteiger partial charge in [0.05, 0.1) is 0 Å². The third kappa shape index (κ3) is 5.80. The molecule has 0 radical (unpaired) electrons. The molecule has 2 heterocycles. The van der Waals surface area contributed by atoms with E-state index >= 15 is 0 Å². The van der Waals surface area contributed by atoms with Crippen LogP contribution in [0.1, 0.15) is 25.0 Å². The lowest BCUT2D eigenvalue weighted by molar-refractivity contribution is 0.252. The molecule has 3 rings (SSSR count). The molecule has 3 N–H and O–H groups in total. The Hall–Kier alpha value is -2.90. The highest BCUT2D eigenvalue weighted by molar-refractivity contribution is 5.89. The number of nitrogens with zero attached hydrogens (tertiary/aromatic N) is 3. The number of aromatic nitrogens is 2. The molecule has 1 saturated heterocycles. The Morgan fingerprint density at radius 3 is 2.74 bits per heavy atom. The van der Waals surface area contributed by atoms with Crippen molar-refractivity contribution >= 4 is 23.5 Å². The van der Waals surface area contributed by atoms with Gasteiger partial charge in [-0.25, -0.2) is 14.2 Å². The van der Waals surface area contributed by atoms with Crippen molar-refractivity contribution in [3.05, 3.63) is 41.8 Å². The second kappa shape index (κ2) is 9.16. The van der Waals surface area contributed by atoms with Gasteiger partial charge in [-0.3, -0.25) is 0 Å². The van der Waals surface area contributed by atoms with Crippen LogP contribution in [0.15, 0.2) is 30.3 Å². The SMILES string of the molecule is Cc1cc(N2CCCCC2)nc(NCCNC(=O)Nc2cccc(F)c2)n1. The van der Waals surface area contributed by atoms with Crippen LogP contribution < -0.4 is 20.9 Å². The molecule has 144 valence electrons. The van der Waals surface area contributed by atoms with E-state index < -0.39 is 5.82 Å². The zero-order valence-corrected chi connectivity index (χ0v) is 15.5. The summed E-state index contributed by atoms with van der Waals surface area (Å²) < 4.78 is 13.1. The zero-order valence-electron chi connectivity index (χ0n) is 15.5. The maximum absolute atomic E-state index is 13.1. The highest BCUT2D eigenvalue weighted by atomic mass is 19.1. The van der Waals surface area contributed by atoms with Crippen molar-refractivity contribution in [2.75, 3.05) is 41.7 Å². The lowest BCUT2D eigenvalue weighted by Gasteiger charge is -2.28. The molecular formula is C19H25FN6O. The van der Waals surface area contributed by atoms with Crippen LogP contribution in [0.5, 0.6) is 0 Å². The van der Waals surface area contributed by atoms with Crippen molar-refractivity contribution in [1.29, 1.82) is 0 Å². The highest BCUT2D eigenvalue weighted by Gasteiger charge is 2.13. The summed E-state index contributed by atoms with van der Waals surface area (Å²) >= 11 is 0. The summed E-state index contributed by atoms with van der Waals surface area (Å²) in [6.07, 6.45) is 3.65. The van der Waals surface area contributed by atoms with Gasteiger partial charge in [0.2, 0.25) is 5.95 Å². The van der Waals surface area contributed by atoms with E-state index in [0.717, 1.165) is 24.6 Å². The number of carbonyl (C=O) groups is 1. The predicted octanol–water partition coefficient (Wildman–Crippen LogP) is 3.15. The molecule has 1 aliphatic rings. The lowest BCUT2D eigenvalue weighted by Crippen LogP contribution is -2.33. The average molecular weight is 372 g/mol. The third-order valence-electron chi connectivity index (χ3n) is 4.30. The maximum Gasteiger partial charge on any atom is 0.319 e. The first-order valence-corrected chi connectivity index (χ1v) is 9.25. The van der Waals surface area contributed by atoms with E-state index in [-0.39, 0.29) is 6.03 Å². The first-order valence-electron chi connectivity index (χ1n) is 9.25. The number of nitrogens with one attached hydrogen (secondary N) is 3. The maximum atomic E-state index is 13.1. The largest absolute Gasteiger partial charge is 0.356 e. The van der Waals surface area contributed by atoms with Crippen LogP contribution in [0.3, 0.4) is 0 Å². The minimum Gasteiger partial charge on any atom is -0.356 e. The van der Waals surface area contributed by atoms with Gasteiger partial charge in [0.1, 0.15) is 11.6 Å². The fourth-order valence-corrected chi connectivity index (χ4v) is 3.01. The molecule has 7 nitrogen and oxygen atoms in total. The first-order chi connectivity index (χ1) is 13.1. The van der Waals surface area contributed by atoms with E-state index in [4.69, 9.17) is 0 Å². The molecule has 2 aromatic rings. The van der Waals surface area contributed by atoms with Crippen molar-refractivity contribution in [3.63, 3.8) is 0 Å². The quantitative estimate of drug-likeness (QED) is 0.679. The van der Waals surface area contributed by atoms with Crippen molar-refractivity contribution in [1.82, 2.24) is 15.3 Å². The van der Waals surface area contributed by atoms with Gasteiger partial charge < -0.3 is 20.9 Å². The number of benzene rings is 1. The topological polar surface area (TPSA) is 82.2 Å². The van der Waals surface area contributed by atoms with E-state index in [0.29, 0.717) is 24.7 Å².